The monoisotopic (exact) mass is 137 g/mol. The maximum Gasteiger partial charge on any atom is 0.0395 e. The minimum absolute atomic E-state index is 1.07. The quantitative estimate of drug-likeness (QED) is 0.520. The first-order chi connectivity index (χ1) is 4.97. The van der Waals surface area contributed by atoms with Crippen LogP contribution in [0.15, 0.2) is 11.3 Å². The van der Waals surface area contributed by atoms with Crippen molar-refractivity contribution in [3.63, 3.8) is 0 Å². The van der Waals surface area contributed by atoms with Gasteiger partial charge in [-0.1, -0.05) is 0 Å². The number of hydrogen-bond donors (Lipinski definition) is 1. The fraction of sp³-hybridized carbons (Fsp3) is 0.750. The van der Waals surface area contributed by atoms with Crippen LogP contribution >= 0.6 is 0 Å². The van der Waals surface area contributed by atoms with E-state index in [0.29, 0.717) is 0 Å². The van der Waals surface area contributed by atoms with Crippen LogP contribution in [0.2, 0.25) is 0 Å². The third-order valence-electron chi connectivity index (χ3n) is 2.22. The standard InChI is InChI=1S/C8H13N2/c1-2-7-6-9-5-3-8(7)10-4-1/h9H,1-6H2. The minimum Gasteiger partial charge on any atom is -0.313 e. The second-order valence-corrected chi connectivity index (χ2v) is 2.96. The number of nitrogens with one attached hydrogen (secondary N) is 1. The highest BCUT2D eigenvalue weighted by atomic mass is 14.9. The highest BCUT2D eigenvalue weighted by Gasteiger charge is 2.15. The van der Waals surface area contributed by atoms with Gasteiger partial charge < -0.3 is 5.32 Å². The van der Waals surface area contributed by atoms with E-state index in [2.05, 4.69) is 10.6 Å². The van der Waals surface area contributed by atoms with Gasteiger partial charge in [-0.25, -0.2) is 0 Å². The van der Waals surface area contributed by atoms with Gasteiger partial charge in [0.15, 0.2) is 0 Å². The molecule has 0 aromatic heterocycles. The molecular formula is C8H13N2. The third-order valence-corrected chi connectivity index (χ3v) is 2.22. The first kappa shape index (κ1) is 6.23. The molecule has 0 spiro atoms. The van der Waals surface area contributed by atoms with Crippen molar-refractivity contribution in [1.29, 1.82) is 0 Å². The van der Waals surface area contributed by atoms with Crippen LogP contribution in [-0.4, -0.2) is 19.6 Å². The summed E-state index contributed by atoms with van der Waals surface area (Å²) >= 11 is 0. The van der Waals surface area contributed by atoms with Crippen molar-refractivity contribution < 1.29 is 0 Å². The predicted molar refractivity (Wildman–Crippen MR) is 40.7 cm³/mol. The largest absolute Gasteiger partial charge is 0.313 e. The fourth-order valence-electron chi connectivity index (χ4n) is 1.65. The van der Waals surface area contributed by atoms with Crippen molar-refractivity contribution in [3.8, 4) is 0 Å². The first-order valence-corrected chi connectivity index (χ1v) is 4.06. The van der Waals surface area contributed by atoms with Gasteiger partial charge in [-0.3, -0.25) is 5.32 Å². The van der Waals surface area contributed by atoms with Crippen LogP contribution in [0.4, 0.5) is 0 Å². The molecule has 55 valence electrons. The Balaban J connectivity index is 2.14. The summed E-state index contributed by atoms with van der Waals surface area (Å²) in [6.45, 7) is 3.29. The number of nitrogens with zero attached hydrogens (tertiary/aromatic N) is 1. The van der Waals surface area contributed by atoms with E-state index < -0.39 is 0 Å². The number of rotatable bonds is 0. The van der Waals surface area contributed by atoms with Crippen LogP contribution in [0.5, 0.6) is 0 Å². The maximum atomic E-state index is 4.49. The number of hydrogen-bond acceptors (Lipinski definition) is 1. The van der Waals surface area contributed by atoms with E-state index in [0.717, 1.165) is 26.1 Å². The molecule has 0 amide bonds. The second-order valence-electron chi connectivity index (χ2n) is 2.96. The van der Waals surface area contributed by atoms with E-state index in [9.17, 15) is 0 Å². The van der Waals surface area contributed by atoms with Gasteiger partial charge in [0, 0.05) is 31.8 Å². The zero-order valence-electron chi connectivity index (χ0n) is 6.19. The Morgan fingerprint density at radius 2 is 2.30 bits per heavy atom. The molecule has 2 heteroatoms. The molecule has 1 N–H and O–H groups in total. The molecule has 2 aliphatic rings. The lowest BCUT2D eigenvalue weighted by molar-refractivity contribution is 0.547. The summed E-state index contributed by atoms with van der Waals surface area (Å²) < 4.78 is 0. The molecule has 0 saturated heterocycles. The van der Waals surface area contributed by atoms with Crippen molar-refractivity contribution in [1.82, 2.24) is 10.6 Å². The van der Waals surface area contributed by atoms with Crippen LogP contribution in [0.25, 0.3) is 0 Å². The molecule has 0 saturated carbocycles. The van der Waals surface area contributed by atoms with Crippen molar-refractivity contribution in [2.24, 2.45) is 0 Å². The van der Waals surface area contributed by atoms with Gasteiger partial charge >= 0.3 is 0 Å². The van der Waals surface area contributed by atoms with Crippen molar-refractivity contribution >= 4 is 0 Å². The average Bonchev–Trinajstić information content (AvgIpc) is 2.05. The zero-order chi connectivity index (χ0) is 6.81. The zero-order valence-corrected chi connectivity index (χ0v) is 6.19. The Morgan fingerprint density at radius 3 is 3.20 bits per heavy atom. The van der Waals surface area contributed by atoms with Crippen LogP contribution in [-0.2, 0) is 0 Å². The highest BCUT2D eigenvalue weighted by molar-refractivity contribution is 5.19. The smallest absolute Gasteiger partial charge is 0.0395 e. The van der Waals surface area contributed by atoms with Crippen LogP contribution < -0.4 is 10.6 Å². The summed E-state index contributed by atoms with van der Waals surface area (Å²) in [5.74, 6) is 0. The molecule has 0 fully saturated rings. The van der Waals surface area contributed by atoms with E-state index >= 15 is 0 Å². The van der Waals surface area contributed by atoms with E-state index in [4.69, 9.17) is 0 Å². The lowest BCUT2D eigenvalue weighted by Gasteiger charge is -2.24. The Bertz CT molecular complexity index is 127. The Hall–Kier alpha value is -0.500. The van der Waals surface area contributed by atoms with Crippen LogP contribution in [0.1, 0.15) is 19.3 Å². The summed E-state index contributed by atoms with van der Waals surface area (Å²) in [4.78, 5) is 0. The van der Waals surface area contributed by atoms with Gasteiger partial charge in [0.1, 0.15) is 0 Å². The molecule has 0 atom stereocenters. The highest BCUT2D eigenvalue weighted by Crippen LogP contribution is 2.19. The van der Waals surface area contributed by atoms with Crippen molar-refractivity contribution in [2.75, 3.05) is 19.6 Å². The molecule has 0 aliphatic carbocycles. The van der Waals surface area contributed by atoms with E-state index in [1.54, 1.807) is 5.57 Å². The Morgan fingerprint density at radius 1 is 1.30 bits per heavy atom. The molecule has 0 aromatic rings. The summed E-state index contributed by atoms with van der Waals surface area (Å²) in [6, 6.07) is 0. The van der Waals surface area contributed by atoms with Crippen molar-refractivity contribution in [3.05, 3.63) is 11.3 Å². The molecule has 10 heavy (non-hydrogen) atoms. The van der Waals surface area contributed by atoms with E-state index in [1.807, 2.05) is 0 Å². The van der Waals surface area contributed by atoms with E-state index in [-0.39, 0.29) is 0 Å². The molecule has 1 radical (unpaired) electrons. The lowest BCUT2D eigenvalue weighted by atomic mass is 9.99. The summed E-state index contributed by atoms with van der Waals surface area (Å²) in [5, 5.41) is 7.86. The lowest BCUT2D eigenvalue weighted by Crippen LogP contribution is -2.31. The van der Waals surface area contributed by atoms with Gasteiger partial charge in [-0.2, -0.15) is 0 Å². The topological polar surface area (TPSA) is 26.1 Å². The van der Waals surface area contributed by atoms with Gasteiger partial charge in [0.25, 0.3) is 0 Å². The second kappa shape index (κ2) is 2.62. The molecule has 2 heterocycles. The van der Waals surface area contributed by atoms with Crippen LogP contribution in [0, 0.1) is 0 Å². The molecule has 0 bridgehead atoms. The van der Waals surface area contributed by atoms with Gasteiger partial charge in [-0.15, -0.1) is 0 Å². The molecule has 0 unspecified atom stereocenters. The normalized spacial score (nSPS) is 25.6. The van der Waals surface area contributed by atoms with Gasteiger partial charge in [0.05, 0.1) is 0 Å². The molecule has 2 aliphatic heterocycles. The molecule has 2 nitrogen and oxygen atoms in total. The van der Waals surface area contributed by atoms with Gasteiger partial charge in [-0.05, 0) is 18.4 Å². The first-order valence-electron chi connectivity index (χ1n) is 4.06. The third kappa shape index (κ3) is 1.03. The summed E-state index contributed by atoms with van der Waals surface area (Å²) in [5.41, 5.74) is 2.97. The maximum absolute atomic E-state index is 4.49. The summed E-state index contributed by atoms with van der Waals surface area (Å²) in [7, 11) is 0. The average molecular weight is 137 g/mol. The SMILES string of the molecule is C1C[N]C2=C(C1)CNCC2. The van der Waals surface area contributed by atoms with E-state index in [1.165, 1.54) is 18.5 Å². The summed E-state index contributed by atoms with van der Waals surface area (Å²) in [6.07, 6.45) is 3.71. The molecule has 2 rings (SSSR count). The molecular weight excluding hydrogens is 124 g/mol. The van der Waals surface area contributed by atoms with Gasteiger partial charge in [0.2, 0.25) is 0 Å². The fourth-order valence-corrected chi connectivity index (χ4v) is 1.65. The van der Waals surface area contributed by atoms with Crippen molar-refractivity contribution in [2.45, 2.75) is 19.3 Å². The minimum atomic E-state index is 1.07. The predicted octanol–water partition coefficient (Wildman–Crippen LogP) is 0.632. The Labute approximate surface area is 61.7 Å². The Kier molecular flexibility index (Phi) is 1.63. The molecule has 0 aromatic carbocycles. The van der Waals surface area contributed by atoms with Crippen LogP contribution in [0.3, 0.4) is 0 Å².